The lowest BCUT2D eigenvalue weighted by Crippen LogP contribution is -2.24. The Morgan fingerprint density at radius 1 is 1.35 bits per heavy atom. The molecule has 0 spiro atoms. The first kappa shape index (κ1) is 15.9. The van der Waals surface area contributed by atoms with Crippen molar-refractivity contribution in [3.05, 3.63) is 46.6 Å². The number of nitrogens with zero attached hydrogens (tertiary/aromatic N) is 2. The third-order valence-electron chi connectivity index (χ3n) is 4.48. The maximum absolute atomic E-state index is 12.3. The summed E-state index contributed by atoms with van der Waals surface area (Å²) in [7, 11) is 1.90. The van der Waals surface area contributed by atoms with Gasteiger partial charge in [-0.2, -0.15) is 4.98 Å². The molecule has 0 saturated carbocycles. The van der Waals surface area contributed by atoms with Gasteiger partial charge >= 0.3 is 0 Å². The van der Waals surface area contributed by atoms with Gasteiger partial charge in [0.05, 0.1) is 0 Å². The predicted octanol–water partition coefficient (Wildman–Crippen LogP) is 2.52. The summed E-state index contributed by atoms with van der Waals surface area (Å²) in [6.07, 6.45) is 5.05. The number of benzene rings is 1. The lowest BCUT2D eigenvalue weighted by molar-refractivity contribution is 0.0979. The molecule has 1 unspecified atom stereocenters. The van der Waals surface area contributed by atoms with Crippen molar-refractivity contribution in [2.75, 3.05) is 7.05 Å². The zero-order chi connectivity index (χ0) is 16.2. The van der Waals surface area contributed by atoms with E-state index in [1.807, 2.05) is 13.1 Å². The first-order chi connectivity index (χ1) is 11.2. The van der Waals surface area contributed by atoms with E-state index >= 15 is 0 Å². The molecule has 122 valence electrons. The normalized spacial score (nSPS) is 14.7. The Labute approximate surface area is 136 Å². The van der Waals surface area contributed by atoms with E-state index in [9.17, 15) is 4.79 Å². The molecular weight excluding hydrogens is 290 g/mol. The summed E-state index contributed by atoms with van der Waals surface area (Å²) in [5.41, 5.74) is 3.52. The van der Waals surface area contributed by atoms with Crippen LogP contribution in [-0.2, 0) is 25.7 Å². The van der Waals surface area contributed by atoms with Crippen LogP contribution in [-0.4, -0.2) is 29.0 Å². The smallest absolute Gasteiger partial charge is 0.227 e. The molecular formula is C18H23N3O2. The molecule has 0 aliphatic heterocycles. The molecule has 1 aliphatic carbocycles. The topological polar surface area (TPSA) is 68.0 Å². The fraction of sp³-hybridized carbons (Fsp3) is 0.500. The molecule has 2 aromatic rings. The minimum Gasteiger partial charge on any atom is -0.339 e. The number of Topliss-reactive ketones (excluding diaryl/α,β-unsaturated/α-hetero) is 1. The number of carbonyl (C=O) groups is 1. The van der Waals surface area contributed by atoms with Crippen molar-refractivity contribution in [3.8, 4) is 0 Å². The van der Waals surface area contributed by atoms with Crippen LogP contribution >= 0.6 is 0 Å². The highest BCUT2D eigenvalue weighted by molar-refractivity contribution is 5.96. The predicted molar refractivity (Wildman–Crippen MR) is 87.6 cm³/mol. The van der Waals surface area contributed by atoms with Crippen molar-refractivity contribution in [1.29, 1.82) is 0 Å². The number of nitrogens with one attached hydrogen (secondary N) is 1. The molecule has 1 aliphatic rings. The van der Waals surface area contributed by atoms with Crippen LogP contribution in [0, 0.1) is 0 Å². The maximum Gasteiger partial charge on any atom is 0.227 e. The van der Waals surface area contributed by atoms with Crippen LogP contribution in [0.3, 0.4) is 0 Å². The molecule has 23 heavy (non-hydrogen) atoms. The summed E-state index contributed by atoms with van der Waals surface area (Å²) in [5, 5.41) is 7.10. The molecule has 0 saturated heterocycles. The van der Waals surface area contributed by atoms with Crippen LogP contribution in [0.2, 0.25) is 0 Å². The van der Waals surface area contributed by atoms with Crippen molar-refractivity contribution in [1.82, 2.24) is 15.5 Å². The fourth-order valence-electron chi connectivity index (χ4n) is 2.96. The standard InChI is InChI=1S/C18H23N3O2/c1-12(19-2)10-17-20-18(23-21-17)9-8-16(22)15-7-6-13-4-3-5-14(13)11-15/h6-7,11-12,19H,3-5,8-10H2,1-2H3. The molecule has 1 atom stereocenters. The number of carbonyl (C=O) groups excluding carboxylic acids is 1. The number of hydrogen-bond acceptors (Lipinski definition) is 5. The second-order valence-corrected chi connectivity index (χ2v) is 6.26. The maximum atomic E-state index is 12.3. The average molecular weight is 313 g/mol. The van der Waals surface area contributed by atoms with Crippen LogP contribution in [0.25, 0.3) is 0 Å². The summed E-state index contributed by atoms with van der Waals surface area (Å²) in [6.45, 7) is 2.06. The summed E-state index contributed by atoms with van der Waals surface area (Å²) in [6, 6.07) is 6.40. The zero-order valence-corrected chi connectivity index (χ0v) is 13.8. The number of rotatable bonds is 7. The van der Waals surface area contributed by atoms with Gasteiger partial charge in [0.25, 0.3) is 0 Å². The molecule has 0 radical (unpaired) electrons. The summed E-state index contributed by atoms with van der Waals surface area (Å²) < 4.78 is 5.23. The molecule has 3 rings (SSSR count). The van der Waals surface area contributed by atoms with Gasteiger partial charge in [0.2, 0.25) is 5.89 Å². The minimum atomic E-state index is 0.142. The van der Waals surface area contributed by atoms with Crippen LogP contribution in [0.15, 0.2) is 22.7 Å². The van der Waals surface area contributed by atoms with E-state index in [4.69, 9.17) is 4.52 Å². The lowest BCUT2D eigenvalue weighted by Gasteiger charge is -2.04. The molecule has 1 N–H and O–H groups in total. The quantitative estimate of drug-likeness (QED) is 0.796. The van der Waals surface area contributed by atoms with Gasteiger partial charge in [-0.3, -0.25) is 4.79 Å². The van der Waals surface area contributed by atoms with Gasteiger partial charge in [0.1, 0.15) is 0 Å². The third-order valence-corrected chi connectivity index (χ3v) is 4.48. The molecule has 1 aromatic carbocycles. The highest BCUT2D eigenvalue weighted by Gasteiger charge is 2.15. The van der Waals surface area contributed by atoms with Crippen LogP contribution < -0.4 is 5.32 Å². The molecule has 1 aromatic heterocycles. The first-order valence-corrected chi connectivity index (χ1v) is 8.29. The minimum absolute atomic E-state index is 0.142. The Hall–Kier alpha value is -2.01. The number of aromatic nitrogens is 2. The molecule has 5 heteroatoms. The number of aryl methyl sites for hydroxylation is 3. The molecule has 0 fully saturated rings. The SMILES string of the molecule is CNC(C)Cc1noc(CCC(=O)c2ccc3c(c2)CCC3)n1. The van der Waals surface area contributed by atoms with E-state index in [0.717, 1.165) is 24.8 Å². The average Bonchev–Trinajstić information content (AvgIpc) is 3.20. The van der Waals surface area contributed by atoms with E-state index in [0.29, 0.717) is 30.6 Å². The van der Waals surface area contributed by atoms with E-state index in [1.165, 1.54) is 17.5 Å². The summed E-state index contributed by atoms with van der Waals surface area (Å²) in [5.74, 6) is 1.37. The monoisotopic (exact) mass is 313 g/mol. The van der Waals surface area contributed by atoms with Crippen molar-refractivity contribution >= 4 is 5.78 Å². The van der Waals surface area contributed by atoms with Gasteiger partial charge in [0.15, 0.2) is 11.6 Å². The Kier molecular flexibility index (Phi) is 4.86. The fourth-order valence-corrected chi connectivity index (χ4v) is 2.96. The second kappa shape index (κ2) is 7.04. The van der Waals surface area contributed by atoms with E-state index in [2.05, 4.69) is 34.5 Å². The largest absolute Gasteiger partial charge is 0.339 e. The Bertz CT molecular complexity index is 693. The number of likely N-dealkylation sites (N-methyl/N-ethyl adjacent to an activating group) is 1. The van der Waals surface area contributed by atoms with Gasteiger partial charge in [-0.25, -0.2) is 0 Å². The summed E-state index contributed by atoms with van der Waals surface area (Å²) in [4.78, 5) is 16.7. The van der Waals surface area contributed by atoms with Gasteiger partial charge in [-0.15, -0.1) is 0 Å². The van der Waals surface area contributed by atoms with Gasteiger partial charge < -0.3 is 9.84 Å². The molecule has 5 nitrogen and oxygen atoms in total. The number of fused-ring (bicyclic) bond motifs is 1. The first-order valence-electron chi connectivity index (χ1n) is 8.29. The number of ketones is 1. The Morgan fingerprint density at radius 2 is 2.17 bits per heavy atom. The van der Waals surface area contributed by atoms with Gasteiger partial charge in [-0.05, 0) is 50.4 Å². The second-order valence-electron chi connectivity index (χ2n) is 6.26. The van der Waals surface area contributed by atoms with Crippen molar-refractivity contribution < 1.29 is 9.32 Å². The highest BCUT2D eigenvalue weighted by atomic mass is 16.5. The Balaban J connectivity index is 1.57. The third kappa shape index (κ3) is 3.85. The lowest BCUT2D eigenvalue weighted by atomic mass is 10.0. The highest BCUT2D eigenvalue weighted by Crippen LogP contribution is 2.23. The molecule has 0 amide bonds. The number of hydrogen-bond donors (Lipinski definition) is 1. The Morgan fingerprint density at radius 3 is 3.00 bits per heavy atom. The van der Waals surface area contributed by atoms with E-state index in [-0.39, 0.29) is 5.78 Å². The van der Waals surface area contributed by atoms with Gasteiger partial charge in [0, 0.05) is 30.9 Å². The molecule has 0 bridgehead atoms. The van der Waals surface area contributed by atoms with Crippen molar-refractivity contribution in [2.24, 2.45) is 0 Å². The van der Waals surface area contributed by atoms with Crippen molar-refractivity contribution in [3.63, 3.8) is 0 Å². The van der Waals surface area contributed by atoms with Gasteiger partial charge in [-0.1, -0.05) is 17.3 Å². The van der Waals surface area contributed by atoms with E-state index < -0.39 is 0 Å². The molecule has 1 heterocycles. The van der Waals surface area contributed by atoms with Crippen LogP contribution in [0.1, 0.15) is 53.0 Å². The zero-order valence-electron chi connectivity index (χ0n) is 13.8. The van der Waals surface area contributed by atoms with Crippen LogP contribution in [0.4, 0.5) is 0 Å². The van der Waals surface area contributed by atoms with Crippen molar-refractivity contribution in [2.45, 2.75) is 51.5 Å². The van der Waals surface area contributed by atoms with E-state index in [1.54, 1.807) is 0 Å². The van der Waals surface area contributed by atoms with Crippen LogP contribution in [0.5, 0.6) is 0 Å². The summed E-state index contributed by atoms with van der Waals surface area (Å²) >= 11 is 0.